The molecular formula is C14H26N2O3. The van der Waals surface area contributed by atoms with E-state index in [0.29, 0.717) is 13.0 Å². The second-order valence-electron chi connectivity index (χ2n) is 6.18. The van der Waals surface area contributed by atoms with E-state index in [1.54, 1.807) is 0 Å². The normalized spacial score (nSPS) is 28.6. The van der Waals surface area contributed by atoms with Gasteiger partial charge in [-0.15, -0.1) is 0 Å². The van der Waals surface area contributed by atoms with E-state index in [2.05, 4.69) is 10.2 Å². The van der Waals surface area contributed by atoms with E-state index in [9.17, 15) is 9.90 Å². The van der Waals surface area contributed by atoms with Crippen LogP contribution in [-0.4, -0.2) is 62.9 Å². The number of hydrogen-bond donors (Lipinski definition) is 2. The van der Waals surface area contributed by atoms with Crippen LogP contribution >= 0.6 is 0 Å². The number of ether oxygens (including phenoxy) is 1. The highest BCUT2D eigenvalue weighted by Crippen LogP contribution is 2.70. The fourth-order valence-corrected chi connectivity index (χ4v) is 3.49. The molecule has 1 amide bonds. The molecule has 5 nitrogen and oxygen atoms in total. The lowest BCUT2D eigenvalue weighted by molar-refractivity contribution is -0.129. The van der Waals surface area contributed by atoms with Gasteiger partial charge in [0.05, 0.1) is 5.41 Å². The predicted octanol–water partition coefficient (Wildman–Crippen LogP) is 0.234. The zero-order valence-electron chi connectivity index (χ0n) is 12.1. The number of carbonyl (C=O) groups is 1. The number of nitrogens with zero attached hydrogens (tertiary/aromatic N) is 1. The quantitative estimate of drug-likeness (QED) is 0.725. The van der Waals surface area contributed by atoms with Crippen LogP contribution in [0.25, 0.3) is 0 Å². The van der Waals surface area contributed by atoms with Crippen molar-refractivity contribution in [1.29, 1.82) is 0 Å². The summed E-state index contributed by atoms with van der Waals surface area (Å²) in [5, 5.41) is 12.3. The van der Waals surface area contributed by atoms with E-state index in [4.69, 9.17) is 4.74 Å². The van der Waals surface area contributed by atoms with Gasteiger partial charge in [-0.3, -0.25) is 4.79 Å². The maximum absolute atomic E-state index is 12.5. The highest BCUT2D eigenvalue weighted by atomic mass is 16.5. The molecule has 0 aromatic heterocycles. The Bertz CT molecular complexity index is 327. The summed E-state index contributed by atoms with van der Waals surface area (Å²) in [6.45, 7) is 3.10. The van der Waals surface area contributed by atoms with Crippen LogP contribution < -0.4 is 5.32 Å². The van der Waals surface area contributed by atoms with Gasteiger partial charge in [-0.2, -0.15) is 0 Å². The van der Waals surface area contributed by atoms with Crippen molar-refractivity contribution in [3.8, 4) is 0 Å². The fraction of sp³-hybridized carbons (Fsp3) is 0.929. The monoisotopic (exact) mass is 270 g/mol. The van der Waals surface area contributed by atoms with E-state index >= 15 is 0 Å². The molecule has 0 bridgehead atoms. The Hall–Kier alpha value is -0.650. The van der Waals surface area contributed by atoms with Crippen LogP contribution in [-0.2, 0) is 9.53 Å². The standard InChI is InChI=1S/C14H26N2O3/c1-16(2)7-6-15-12(18)14(3-8-17)11-13(14)4-9-19-10-5-13/h17H,3-11H2,1-2H3,(H,15,18). The summed E-state index contributed by atoms with van der Waals surface area (Å²) in [4.78, 5) is 14.5. The summed E-state index contributed by atoms with van der Waals surface area (Å²) >= 11 is 0. The number of aliphatic hydroxyl groups excluding tert-OH is 1. The van der Waals surface area contributed by atoms with Crippen LogP contribution in [0.5, 0.6) is 0 Å². The number of likely N-dealkylation sites (N-methyl/N-ethyl adjacent to an activating group) is 1. The first kappa shape index (κ1) is 14.8. The summed E-state index contributed by atoms with van der Waals surface area (Å²) in [5.74, 6) is 0.130. The molecule has 1 saturated carbocycles. The molecule has 0 radical (unpaired) electrons. The molecule has 1 heterocycles. The minimum Gasteiger partial charge on any atom is -0.396 e. The molecule has 2 rings (SSSR count). The lowest BCUT2D eigenvalue weighted by atomic mass is 9.83. The molecule has 1 spiro atoms. The summed E-state index contributed by atoms with van der Waals surface area (Å²) in [6, 6.07) is 0. The maximum atomic E-state index is 12.5. The first-order chi connectivity index (χ1) is 9.06. The summed E-state index contributed by atoms with van der Waals surface area (Å²) in [7, 11) is 3.99. The Balaban J connectivity index is 1.95. The van der Waals surface area contributed by atoms with Crippen LogP contribution in [0.1, 0.15) is 25.7 Å². The Morgan fingerprint density at radius 1 is 1.37 bits per heavy atom. The number of amides is 1. The lowest BCUT2D eigenvalue weighted by Crippen LogP contribution is -2.40. The third-order valence-corrected chi connectivity index (χ3v) is 4.80. The van der Waals surface area contributed by atoms with Crippen LogP contribution in [0.3, 0.4) is 0 Å². The molecule has 0 aromatic carbocycles. The van der Waals surface area contributed by atoms with Gasteiger partial charge in [-0.25, -0.2) is 0 Å². The molecule has 2 aliphatic rings. The van der Waals surface area contributed by atoms with Crippen molar-refractivity contribution in [2.45, 2.75) is 25.7 Å². The van der Waals surface area contributed by atoms with Gasteiger partial charge in [-0.1, -0.05) is 0 Å². The van der Waals surface area contributed by atoms with E-state index in [1.807, 2.05) is 14.1 Å². The summed E-state index contributed by atoms with van der Waals surface area (Å²) < 4.78 is 5.41. The van der Waals surface area contributed by atoms with Crippen molar-refractivity contribution < 1.29 is 14.6 Å². The van der Waals surface area contributed by atoms with Crippen LogP contribution in [0, 0.1) is 10.8 Å². The van der Waals surface area contributed by atoms with Crippen LogP contribution in [0.2, 0.25) is 0 Å². The predicted molar refractivity (Wildman–Crippen MR) is 72.8 cm³/mol. The molecule has 2 N–H and O–H groups in total. The Morgan fingerprint density at radius 2 is 2.05 bits per heavy atom. The van der Waals surface area contributed by atoms with Gasteiger partial charge in [0.1, 0.15) is 0 Å². The van der Waals surface area contributed by atoms with E-state index in [0.717, 1.165) is 39.0 Å². The summed E-state index contributed by atoms with van der Waals surface area (Å²) in [5.41, 5.74) is -0.242. The van der Waals surface area contributed by atoms with Crippen molar-refractivity contribution in [1.82, 2.24) is 10.2 Å². The van der Waals surface area contributed by atoms with Gasteiger partial charge in [0, 0.05) is 32.9 Å². The third-order valence-electron chi connectivity index (χ3n) is 4.80. The van der Waals surface area contributed by atoms with Crippen LogP contribution in [0.4, 0.5) is 0 Å². The van der Waals surface area contributed by atoms with E-state index in [1.165, 1.54) is 0 Å². The van der Waals surface area contributed by atoms with Gasteiger partial charge in [0.15, 0.2) is 0 Å². The molecule has 1 saturated heterocycles. The SMILES string of the molecule is CN(C)CCNC(=O)C1(CCO)CC12CCOCC2. The van der Waals surface area contributed by atoms with Crippen molar-refractivity contribution in [3.05, 3.63) is 0 Å². The molecule has 110 valence electrons. The van der Waals surface area contributed by atoms with E-state index < -0.39 is 0 Å². The Labute approximate surface area is 115 Å². The number of hydrogen-bond acceptors (Lipinski definition) is 4. The first-order valence-corrected chi connectivity index (χ1v) is 7.18. The molecule has 0 aromatic rings. The average molecular weight is 270 g/mol. The fourth-order valence-electron chi connectivity index (χ4n) is 3.49. The second kappa shape index (κ2) is 5.77. The first-order valence-electron chi connectivity index (χ1n) is 7.18. The van der Waals surface area contributed by atoms with Crippen molar-refractivity contribution in [2.24, 2.45) is 10.8 Å². The zero-order chi connectivity index (χ0) is 13.9. The van der Waals surface area contributed by atoms with E-state index in [-0.39, 0.29) is 23.3 Å². The van der Waals surface area contributed by atoms with Crippen molar-refractivity contribution in [2.75, 3.05) is 47.0 Å². The van der Waals surface area contributed by atoms with Gasteiger partial charge >= 0.3 is 0 Å². The molecule has 2 fully saturated rings. The molecule has 1 aliphatic heterocycles. The van der Waals surface area contributed by atoms with Crippen LogP contribution in [0.15, 0.2) is 0 Å². The van der Waals surface area contributed by atoms with Gasteiger partial charge < -0.3 is 20.1 Å². The molecule has 1 aliphatic carbocycles. The number of nitrogens with one attached hydrogen (secondary N) is 1. The Kier molecular flexibility index (Phi) is 4.48. The smallest absolute Gasteiger partial charge is 0.226 e. The maximum Gasteiger partial charge on any atom is 0.226 e. The third kappa shape index (κ3) is 2.78. The average Bonchev–Trinajstić information content (AvgIpc) is 2.98. The van der Waals surface area contributed by atoms with Gasteiger partial charge in [-0.05, 0) is 45.2 Å². The molecular weight excluding hydrogens is 244 g/mol. The molecule has 1 unspecified atom stereocenters. The molecule has 5 heteroatoms. The van der Waals surface area contributed by atoms with Gasteiger partial charge in [0.25, 0.3) is 0 Å². The highest BCUT2D eigenvalue weighted by molar-refractivity contribution is 5.87. The largest absolute Gasteiger partial charge is 0.396 e. The minimum atomic E-state index is -0.335. The second-order valence-corrected chi connectivity index (χ2v) is 6.18. The van der Waals surface area contributed by atoms with Gasteiger partial charge in [0.2, 0.25) is 5.91 Å². The molecule has 19 heavy (non-hydrogen) atoms. The lowest BCUT2D eigenvalue weighted by Gasteiger charge is -2.28. The zero-order valence-corrected chi connectivity index (χ0v) is 12.1. The number of carbonyl (C=O) groups excluding carboxylic acids is 1. The molecule has 1 atom stereocenters. The van der Waals surface area contributed by atoms with Crippen molar-refractivity contribution >= 4 is 5.91 Å². The topological polar surface area (TPSA) is 61.8 Å². The van der Waals surface area contributed by atoms with Crippen molar-refractivity contribution in [3.63, 3.8) is 0 Å². The number of rotatable bonds is 6. The highest BCUT2D eigenvalue weighted by Gasteiger charge is 2.70. The Morgan fingerprint density at radius 3 is 2.63 bits per heavy atom. The number of aliphatic hydroxyl groups is 1. The minimum absolute atomic E-state index is 0.0870. The summed E-state index contributed by atoms with van der Waals surface area (Å²) in [6.07, 6.45) is 3.40.